The highest BCUT2D eigenvalue weighted by Gasteiger charge is 2.23. The maximum atomic E-state index is 13.0. The summed E-state index contributed by atoms with van der Waals surface area (Å²) in [6.07, 6.45) is 1.57. The highest BCUT2D eigenvalue weighted by Crippen LogP contribution is 2.31. The number of para-hydroxylation sites is 1. The molecule has 1 aromatic heterocycles. The summed E-state index contributed by atoms with van der Waals surface area (Å²) in [7, 11) is -2.22. The van der Waals surface area contributed by atoms with Crippen molar-refractivity contribution in [2.45, 2.75) is 10.8 Å². The van der Waals surface area contributed by atoms with Crippen molar-refractivity contribution < 1.29 is 13.2 Å². The summed E-state index contributed by atoms with van der Waals surface area (Å²) < 4.78 is 32.9. The molecule has 0 radical (unpaired) electrons. The van der Waals surface area contributed by atoms with Crippen LogP contribution >= 0.6 is 27.5 Å². The summed E-state index contributed by atoms with van der Waals surface area (Å²) in [4.78, 5) is 0.167. The first-order chi connectivity index (χ1) is 14.0. The van der Waals surface area contributed by atoms with Crippen molar-refractivity contribution in [2.75, 3.05) is 33.3 Å². The second-order valence-electron chi connectivity index (χ2n) is 6.40. The van der Waals surface area contributed by atoms with Gasteiger partial charge in [-0.05, 0) is 45.8 Å². The maximum Gasteiger partial charge on any atom is 0.269 e. The Morgan fingerprint density at radius 2 is 1.76 bits per heavy atom. The van der Waals surface area contributed by atoms with Gasteiger partial charge in [0.05, 0.1) is 12.6 Å². The van der Waals surface area contributed by atoms with E-state index in [4.69, 9.17) is 16.3 Å². The lowest BCUT2D eigenvalue weighted by Crippen LogP contribution is -2.39. The molecule has 29 heavy (non-hydrogen) atoms. The monoisotopic (exact) mass is 499 g/mol. The Kier molecular flexibility index (Phi) is 7.59. The average molecular weight is 501 g/mol. The number of piperazine rings is 1. The fraction of sp³-hybridized carbons (Fsp3) is 0.300. The largest absolute Gasteiger partial charge is 0.497 e. The molecule has 0 aliphatic carbocycles. The van der Waals surface area contributed by atoms with Crippen molar-refractivity contribution in [3.63, 3.8) is 0 Å². The number of hydrogen-bond acceptors (Lipinski definition) is 5. The molecule has 0 amide bonds. The summed E-state index contributed by atoms with van der Waals surface area (Å²) >= 11 is 9.26. The van der Waals surface area contributed by atoms with Crippen molar-refractivity contribution in [3.05, 3.63) is 58.7 Å². The summed E-state index contributed by atoms with van der Waals surface area (Å²) in [5.74, 6) is 0.821. The topological polar surface area (TPSA) is 72.4 Å². The molecule has 0 bridgehead atoms. The minimum atomic E-state index is -3.75. The van der Waals surface area contributed by atoms with Crippen LogP contribution in [0.5, 0.6) is 5.75 Å². The van der Waals surface area contributed by atoms with Crippen molar-refractivity contribution in [3.8, 4) is 5.75 Å². The van der Waals surface area contributed by atoms with Gasteiger partial charge >= 0.3 is 0 Å². The number of nitrogens with zero attached hydrogens (tertiary/aromatic N) is 1. The van der Waals surface area contributed by atoms with E-state index in [1.165, 1.54) is 17.1 Å². The molecular weight excluding hydrogens is 478 g/mol. The van der Waals surface area contributed by atoms with Crippen LogP contribution in [0, 0.1) is 0 Å². The molecule has 2 aromatic carbocycles. The Morgan fingerprint density at radius 1 is 1.10 bits per heavy atom. The zero-order chi connectivity index (χ0) is 20.9. The van der Waals surface area contributed by atoms with Crippen LogP contribution in [0.3, 0.4) is 0 Å². The number of rotatable bonds is 4. The number of fused-ring (bicyclic) bond motifs is 1. The van der Waals surface area contributed by atoms with Gasteiger partial charge in [-0.25, -0.2) is 12.4 Å². The number of methoxy groups -OCH3 is 1. The predicted molar refractivity (Wildman–Crippen MR) is 121 cm³/mol. The van der Waals surface area contributed by atoms with E-state index in [-0.39, 0.29) is 10.8 Å². The number of alkyl halides is 1. The molecule has 1 aliphatic heterocycles. The lowest BCUT2D eigenvalue weighted by atomic mass is 10.2. The quantitative estimate of drug-likeness (QED) is 0.536. The molecule has 156 valence electrons. The number of benzene rings is 2. The molecule has 6 nitrogen and oxygen atoms in total. The molecule has 0 saturated carbocycles. The smallest absolute Gasteiger partial charge is 0.269 e. The number of hydrogen-bond donors (Lipinski definition) is 2. The summed E-state index contributed by atoms with van der Waals surface area (Å²) in [5, 5.41) is 7.27. The molecule has 2 heterocycles. The van der Waals surface area contributed by atoms with Crippen LogP contribution in [-0.2, 0) is 15.9 Å². The van der Waals surface area contributed by atoms with E-state index in [0.29, 0.717) is 15.7 Å². The van der Waals surface area contributed by atoms with Gasteiger partial charge in [-0.2, -0.15) is 0 Å². The van der Waals surface area contributed by atoms with Crippen LogP contribution < -0.4 is 15.4 Å². The molecule has 0 unspecified atom stereocenters. The third-order valence-corrected chi connectivity index (χ3v) is 7.48. The molecule has 0 atom stereocenters. The average Bonchev–Trinajstić information content (AvgIpc) is 3.15. The normalized spacial score (nSPS) is 14.3. The van der Waals surface area contributed by atoms with Gasteiger partial charge in [-0.1, -0.05) is 18.2 Å². The zero-order valence-corrected chi connectivity index (χ0v) is 19.1. The van der Waals surface area contributed by atoms with Crippen molar-refractivity contribution >= 4 is 48.5 Å². The SMILES string of the molecule is C1CNCCN1.COc1ccc(S(=O)(=O)n2cc(CCl)c3ccccc32)c(Br)c1. The van der Waals surface area contributed by atoms with Crippen molar-refractivity contribution in [1.82, 2.24) is 14.6 Å². The molecule has 1 aliphatic rings. The van der Waals surface area contributed by atoms with Gasteiger partial charge in [0, 0.05) is 48.1 Å². The van der Waals surface area contributed by atoms with Gasteiger partial charge in [0.25, 0.3) is 10.0 Å². The molecule has 9 heteroatoms. The first kappa shape index (κ1) is 22.1. The minimum Gasteiger partial charge on any atom is -0.497 e. The highest BCUT2D eigenvalue weighted by atomic mass is 79.9. The van der Waals surface area contributed by atoms with Gasteiger partial charge in [-0.3, -0.25) is 0 Å². The van der Waals surface area contributed by atoms with Crippen molar-refractivity contribution in [1.29, 1.82) is 0 Å². The van der Waals surface area contributed by atoms with E-state index in [0.717, 1.165) is 37.1 Å². The van der Waals surface area contributed by atoms with E-state index in [1.807, 2.05) is 12.1 Å². The first-order valence-corrected chi connectivity index (χ1v) is 11.9. The fourth-order valence-corrected chi connectivity index (χ4v) is 5.68. The van der Waals surface area contributed by atoms with Gasteiger partial charge in [-0.15, -0.1) is 11.6 Å². The molecule has 4 rings (SSSR count). The van der Waals surface area contributed by atoms with Gasteiger partial charge in [0.2, 0.25) is 0 Å². The maximum absolute atomic E-state index is 13.0. The van der Waals surface area contributed by atoms with E-state index < -0.39 is 10.0 Å². The predicted octanol–water partition coefficient (Wildman–Crippen LogP) is 3.57. The molecule has 3 aromatic rings. The molecular formula is C20H23BrClN3O3S. The Balaban J connectivity index is 0.000000343. The number of nitrogens with one attached hydrogen (secondary N) is 2. The van der Waals surface area contributed by atoms with Gasteiger partial charge < -0.3 is 15.4 Å². The molecule has 1 fully saturated rings. The van der Waals surface area contributed by atoms with E-state index in [2.05, 4.69) is 26.6 Å². The van der Waals surface area contributed by atoms with Crippen LogP contribution in [0.1, 0.15) is 5.56 Å². The second kappa shape index (κ2) is 9.95. The Hall–Kier alpha value is -1.58. The third kappa shape index (κ3) is 4.95. The summed E-state index contributed by atoms with van der Waals surface area (Å²) in [5.41, 5.74) is 1.38. The van der Waals surface area contributed by atoms with E-state index in [9.17, 15) is 8.42 Å². The summed E-state index contributed by atoms with van der Waals surface area (Å²) in [6, 6.07) is 12.1. The Bertz CT molecular complexity index is 1070. The lowest BCUT2D eigenvalue weighted by Gasteiger charge is -2.11. The lowest BCUT2D eigenvalue weighted by molar-refractivity contribution is 0.414. The summed E-state index contributed by atoms with van der Waals surface area (Å²) in [6.45, 7) is 4.56. The highest BCUT2D eigenvalue weighted by molar-refractivity contribution is 9.10. The standard InChI is InChI=1S/C16H13BrClNO3S.C4H10N2/c1-22-12-6-7-16(14(17)8-12)23(20,21)19-10-11(9-18)13-4-2-3-5-15(13)19;1-2-6-4-3-5-1/h2-8,10H,9H2,1H3;5-6H,1-4H2. The zero-order valence-electron chi connectivity index (χ0n) is 16.0. The van der Waals surface area contributed by atoms with Crippen LogP contribution in [0.4, 0.5) is 0 Å². The van der Waals surface area contributed by atoms with Gasteiger partial charge in [0.1, 0.15) is 10.6 Å². The van der Waals surface area contributed by atoms with Gasteiger partial charge in [0.15, 0.2) is 0 Å². The van der Waals surface area contributed by atoms with E-state index in [1.54, 1.807) is 30.5 Å². The third-order valence-electron chi connectivity index (χ3n) is 4.54. The molecule has 1 saturated heterocycles. The van der Waals surface area contributed by atoms with E-state index >= 15 is 0 Å². The second-order valence-corrected chi connectivity index (χ2v) is 9.31. The Morgan fingerprint density at radius 3 is 2.31 bits per heavy atom. The van der Waals surface area contributed by atoms with Crippen LogP contribution in [0.15, 0.2) is 58.0 Å². The minimum absolute atomic E-state index is 0.167. The van der Waals surface area contributed by atoms with Crippen LogP contribution in [0.2, 0.25) is 0 Å². The number of ether oxygens (including phenoxy) is 1. The number of aromatic nitrogens is 1. The number of halogens is 2. The molecule has 0 spiro atoms. The van der Waals surface area contributed by atoms with Crippen molar-refractivity contribution in [2.24, 2.45) is 0 Å². The Labute approximate surface area is 184 Å². The molecule has 2 N–H and O–H groups in total. The first-order valence-electron chi connectivity index (χ1n) is 9.14. The van der Waals surface area contributed by atoms with Crippen LogP contribution in [-0.4, -0.2) is 45.7 Å². The fourth-order valence-electron chi connectivity index (χ4n) is 3.05. The van der Waals surface area contributed by atoms with Crippen LogP contribution in [0.25, 0.3) is 10.9 Å².